The molecule has 0 aliphatic heterocycles. The predicted octanol–water partition coefficient (Wildman–Crippen LogP) is 3.21. The molecule has 2 N–H and O–H groups in total. The number of carboxylic acids is 1. The van der Waals surface area contributed by atoms with Crippen LogP contribution in [-0.2, 0) is 0 Å². The zero-order chi connectivity index (χ0) is 13.1. The van der Waals surface area contributed by atoms with Gasteiger partial charge in [0.05, 0.1) is 0 Å². The number of allylic oxidation sites excluding steroid dienone is 6. The molecule has 2 aliphatic carbocycles. The van der Waals surface area contributed by atoms with Crippen molar-refractivity contribution in [2.75, 3.05) is 0 Å². The Kier molecular flexibility index (Phi) is 3.33. The van der Waals surface area contributed by atoms with Crippen molar-refractivity contribution in [3.8, 4) is 5.75 Å². The molecule has 3 heteroatoms. The number of aromatic carboxylic acids is 1. The molecule has 3 nitrogen and oxygen atoms in total. The highest BCUT2D eigenvalue weighted by atomic mass is 16.4. The van der Waals surface area contributed by atoms with Crippen LogP contribution in [0, 0.1) is 6.92 Å². The van der Waals surface area contributed by atoms with Crippen LogP contribution in [0.2, 0.25) is 0 Å². The number of rotatable bonds is 1. The maximum absolute atomic E-state index is 10.4. The second-order valence-corrected chi connectivity index (χ2v) is 4.27. The SMILES string of the molecule is C1=CC2=CC=C1C2.Cc1cccc(C(=O)O)c1O. The minimum atomic E-state index is -1.11. The fourth-order valence-corrected chi connectivity index (χ4v) is 1.84. The van der Waals surface area contributed by atoms with Gasteiger partial charge in [0.2, 0.25) is 0 Å². The van der Waals surface area contributed by atoms with Crippen LogP contribution in [0.3, 0.4) is 0 Å². The Morgan fingerprint density at radius 1 is 1.17 bits per heavy atom. The second-order valence-electron chi connectivity index (χ2n) is 4.27. The third kappa shape index (κ3) is 2.51. The van der Waals surface area contributed by atoms with E-state index in [4.69, 9.17) is 5.11 Å². The summed E-state index contributed by atoms with van der Waals surface area (Å²) in [7, 11) is 0. The number of hydrogen-bond acceptors (Lipinski definition) is 2. The van der Waals surface area contributed by atoms with Gasteiger partial charge in [-0.25, -0.2) is 4.79 Å². The van der Waals surface area contributed by atoms with Crippen LogP contribution in [0.1, 0.15) is 22.3 Å². The van der Waals surface area contributed by atoms with Gasteiger partial charge in [-0.2, -0.15) is 0 Å². The summed E-state index contributed by atoms with van der Waals surface area (Å²) >= 11 is 0. The minimum Gasteiger partial charge on any atom is -0.507 e. The van der Waals surface area contributed by atoms with Crippen molar-refractivity contribution < 1.29 is 15.0 Å². The number of carboxylic acid groups (broad SMARTS) is 1. The van der Waals surface area contributed by atoms with Crippen molar-refractivity contribution in [3.63, 3.8) is 0 Å². The van der Waals surface area contributed by atoms with Gasteiger partial charge >= 0.3 is 5.97 Å². The van der Waals surface area contributed by atoms with Crippen LogP contribution in [0.5, 0.6) is 5.75 Å². The lowest BCUT2D eigenvalue weighted by atomic mass is 10.1. The average Bonchev–Trinajstić information content (AvgIpc) is 2.97. The maximum atomic E-state index is 10.4. The highest BCUT2D eigenvalue weighted by Gasteiger charge is 2.09. The van der Waals surface area contributed by atoms with E-state index in [2.05, 4.69) is 24.3 Å². The normalized spacial score (nSPS) is 14.7. The molecule has 1 aromatic carbocycles. The van der Waals surface area contributed by atoms with E-state index in [9.17, 15) is 9.90 Å². The quantitative estimate of drug-likeness (QED) is 0.795. The lowest BCUT2D eigenvalue weighted by molar-refractivity contribution is 0.0693. The molecule has 0 unspecified atom stereocenters. The van der Waals surface area contributed by atoms with Crippen molar-refractivity contribution in [2.24, 2.45) is 0 Å². The van der Waals surface area contributed by atoms with E-state index in [1.165, 1.54) is 23.6 Å². The predicted molar refractivity (Wildman–Crippen MR) is 69.7 cm³/mol. The Morgan fingerprint density at radius 3 is 2.11 bits per heavy atom. The lowest BCUT2D eigenvalue weighted by Gasteiger charge is -2.00. The summed E-state index contributed by atoms with van der Waals surface area (Å²) in [4.78, 5) is 10.4. The Bertz CT molecular complexity index is 557. The zero-order valence-corrected chi connectivity index (χ0v) is 10.1. The van der Waals surface area contributed by atoms with Crippen molar-refractivity contribution in [2.45, 2.75) is 13.3 Å². The van der Waals surface area contributed by atoms with Gasteiger partial charge in [-0.05, 0) is 36.1 Å². The Hall–Kier alpha value is -2.29. The average molecular weight is 242 g/mol. The smallest absolute Gasteiger partial charge is 0.339 e. The maximum Gasteiger partial charge on any atom is 0.339 e. The number of fused-ring (bicyclic) bond motifs is 2. The molecule has 0 radical (unpaired) electrons. The van der Waals surface area contributed by atoms with E-state index in [-0.39, 0.29) is 11.3 Å². The number of phenols is 1. The first-order valence-corrected chi connectivity index (χ1v) is 5.67. The van der Waals surface area contributed by atoms with Gasteiger partial charge in [0.15, 0.2) is 0 Å². The van der Waals surface area contributed by atoms with Gasteiger partial charge in [0.25, 0.3) is 0 Å². The molecule has 92 valence electrons. The molecule has 2 aliphatic rings. The number of para-hydroxylation sites is 1. The molecule has 18 heavy (non-hydrogen) atoms. The van der Waals surface area contributed by atoms with Gasteiger partial charge in [-0.1, -0.05) is 36.4 Å². The first-order valence-electron chi connectivity index (χ1n) is 5.67. The van der Waals surface area contributed by atoms with Gasteiger partial charge in [-0.3, -0.25) is 0 Å². The Morgan fingerprint density at radius 2 is 1.78 bits per heavy atom. The number of carbonyl (C=O) groups is 1. The monoisotopic (exact) mass is 242 g/mol. The van der Waals surface area contributed by atoms with Crippen molar-refractivity contribution in [1.29, 1.82) is 0 Å². The van der Waals surface area contributed by atoms with E-state index in [1.807, 2.05) is 0 Å². The molecule has 0 fully saturated rings. The highest BCUT2D eigenvalue weighted by Crippen LogP contribution is 2.27. The number of aryl methyl sites for hydroxylation is 1. The summed E-state index contributed by atoms with van der Waals surface area (Å²) in [5.74, 6) is -1.26. The zero-order valence-electron chi connectivity index (χ0n) is 10.1. The molecule has 0 spiro atoms. The van der Waals surface area contributed by atoms with Crippen molar-refractivity contribution in [3.05, 3.63) is 64.8 Å². The molecule has 0 amide bonds. The van der Waals surface area contributed by atoms with E-state index < -0.39 is 5.97 Å². The standard InChI is InChI=1S/C8H8O3.C7H6/c1-5-3-2-4-6(7(5)9)8(10)11;1-2-7-4-3-6(1)5-7/h2-4,9H,1H3,(H,10,11);1-4H,5H2. The summed E-state index contributed by atoms with van der Waals surface area (Å²) in [6, 6.07) is 4.62. The van der Waals surface area contributed by atoms with E-state index >= 15 is 0 Å². The van der Waals surface area contributed by atoms with E-state index in [1.54, 1.807) is 19.1 Å². The molecule has 2 bridgehead atoms. The second kappa shape index (κ2) is 4.92. The van der Waals surface area contributed by atoms with Crippen LogP contribution in [0.4, 0.5) is 0 Å². The molecule has 3 rings (SSSR count). The molecular formula is C15H14O3. The lowest BCUT2D eigenvalue weighted by Crippen LogP contribution is -1.96. The molecule has 0 saturated heterocycles. The van der Waals surface area contributed by atoms with Gasteiger partial charge in [-0.15, -0.1) is 0 Å². The fraction of sp³-hybridized carbons (Fsp3) is 0.133. The molecule has 0 heterocycles. The van der Waals surface area contributed by atoms with Crippen LogP contribution in [0.25, 0.3) is 0 Å². The van der Waals surface area contributed by atoms with Crippen molar-refractivity contribution in [1.82, 2.24) is 0 Å². The summed E-state index contributed by atoms with van der Waals surface area (Å²) in [5, 5.41) is 17.7. The summed E-state index contributed by atoms with van der Waals surface area (Å²) in [6.07, 6.45) is 9.90. The van der Waals surface area contributed by atoms with Crippen LogP contribution < -0.4 is 0 Å². The molecule has 0 saturated carbocycles. The molecule has 1 aromatic rings. The minimum absolute atomic E-state index is 0.0509. The summed E-state index contributed by atoms with van der Waals surface area (Å²) in [5.41, 5.74) is 3.46. The van der Waals surface area contributed by atoms with Crippen LogP contribution >= 0.6 is 0 Å². The fourth-order valence-electron chi connectivity index (χ4n) is 1.84. The Labute approximate surface area is 105 Å². The Balaban J connectivity index is 0.000000146. The van der Waals surface area contributed by atoms with E-state index in [0.29, 0.717) is 5.56 Å². The summed E-state index contributed by atoms with van der Waals surface area (Å²) in [6.45, 7) is 1.65. The van der Waals surface area contributed by atoms with Gasteiger partial charge in [0, 0.05) is 0 Å². The molecular weight excluding hydrogens is 228 g/mol. The number of aromatic hydroxyl groups is 1. The summed E-state index contributed by atoms with van der Waals surface area (Å²) < 4.78 is 0. The van der Waals surface area contributed by atoms with Crippen LogP contribution in [0.15, 0.2) is 53.6 Å². The number of benzene rings is 1. The van der Waals surface area contributed by atoms with Gasteiger partial charge < -0.3 is 10.2 Å². The number of hydrogen-bond donors (Lipinski definition) is 2. The highest BCUT2D eigenvalue weighted by molar-refractivity contribution is 5.91. The first kappa shape index (κ1) is 12.2. The van der Waals surface area contributed by atoms with Crippen LogP contribution in [-0.4, -0.2) is 16.2 Å². The van der Waals surface area contributed by atoms with E-state index in [0.717, 1.165) is 0 Å². The largest absolute Gasteiger partial charge is 0.507 e. The third-order valence-electron chi connectivity index (χ3n) is 2.90. The van der Waals surface area contributed by atoms with Gasteiger partial charge in [0.1, 0.15) is 11.3 Å². The third-order valence-corrected chi connectivity index (χ3v) is 2.90. The molecule has 0 aromatic heterocycles. The van der Waals surface area contributed by atoms with Crippen molar-refractivity contribution >= 4 is 5.97 Å². The first-order chi connectivity index (χ1) is 8.58. The molecule has 0 atom stereocenters. The topological polar surface area (TPSA) is 57.5 Å².